The van der Waals surface area contributed by atoms with Crippen LogP contribution in [0.2, 0.25) is 0 Å². The maximum absolute atomic E-state index is 11.0. The third kappa shape index (κ3) is 2.18. The normalized spacial score (nSPS) is 11.5. The molecule has 0 aliphatic heterocycles. The fourth-order valence-electron chi connectivity index (χ4n) is 0.697. The van der Waals surface area contributed by atoms with Crippen LogP contribution < -0.4 is 4.73 Å². The van der Waals surface area contributed by atoms with Crippen LogP contribution in [0.4, 0.5) is 0 Å². The molecule has 0 bridgehead atoms. The Balaban J connectivity index is 3.37. The van der Waals surface area contributed by atoms with Crippen molar-refractivity contribution < 1.29 is 13.1 Å². The molecule has 1 aromatic heterocycles. The molecule has 1 aromatic rings. The van der Waals surface area contributed by atoms with E-state index in [4.69, 9.17) is 0 Å². The molecule has 12 heavy (non-hydrogen) atoms. The summed E-state index contributed by atoms with van der Waals surface area (Å²) in [6.45, 7) is 0. The summed E-state index contributed by atoms with van der Waals surface area (Å²) in [5.74, 6) is 0. The molecule has 0 saturated heterocycles. The number of aromatic nitrogens is 1. The van der Waals surface area contributed by atoms with E-state index in [9.17, 15) is 13.6 Å². The summed E-state index contributed by atoms with van der Waals surface area (Å²) in [6, 6.07) is 1.38. The smallest absolute Gasteiger partial charge is 0.199 e. The molecule has 0 aromatic carbocycles. The highest BCUT2D eigenvalue weighted by Gasteiger charge is 2.11. The molecular formula is C6H6BrNO3S. The van der Waals surface area contributed by atoms with E-state index in [0.717, 1.165) is 12.5 Å². The van der Waals surface area contributed by atoms with Crippen molar-refractivity contribution >= 4 is 25.8 Å². The summed E-state index contributed by atoms with van der Waals surface area (Å²) in [5.41, 5.74) is 0. The Morgan fingerprint density at radius 3 is 2.50 bits per heavy atom. The van der Waals surface area contributed by atoms with E-state index in [1.165, 1.54) is 12.3 Å². The van der Waals surface area contributed by atoms with Crippen molar-refractivity contribution in [2.75, 3.05) is 6.26 Å². The number of sulfone groups is 1. The molecule has 1 rings (SSSR count). The number of pyridine rings is 1. The number of nitrogens with zero attached hydrogens (tertiary/aromatic N) is 1. The van der Waals surface area contributed by atoms with Gasteiger partial charge in [0.2, 0.25) is 0 Å². The van der Waals surface area contributed by atoms with Crippen molar-refractivity contribution in [1.29, 1.82) is 0 Å². The largest absolute Gasteiger partial charge is 0.619 e. The first-order valence-electron chi connectivity index (χ1n) is 2.99. The average Bonchev–Trinajstić information content (AvgIpc) is 1.82. The van der Waals surface area contributed by atoms with Gasteiger partial charge in [0.1, 0.15) is 4.90 Å². The fraction of sp³-hybridized carbons (Fsp3) is 0.167. The predicted octanol–water partition coefficient (Wildman–Crippen LogP) is 0.486. The summed E-state index contributed by atoms with van der Waals surface area (Å²) >= 11 is 3.02. The zero-order valence-corrected chi connectivity index (χ0v) is 8.59. The second kappa shape index (κ2) is 3.02. The minimum absolute atomic E-state index is 0.00637. The molecule has 1 heterocycles. The molecule has 0 atom stereocenters. The first kappa shape index (κ1) is 9.47. The first-order valence-corrected chi connectivity index (χ1v) is 5.67. The van der Waals surface area contributed by atoms with Gasteiger partial charge in [0, 0.05) is 6.26 Å². The lowest BCUT2D eigenvalue weighted by Gasteiger charge is -1.99. The number of hydrogen-bond donors (Lipinski definition) is 0. The quantitative estimate of drug-likeness (QED) is 0.539. The number of hydrogen-bond acceptors (Lipinski definition) is 3. The van der Waals surface area contributed by atoms with Crippen LogP contribution in [0.15, 0.2) is 27.8 Å². The van der Waals surface area contributed by atoms with Gasteiger partial charge in [-0.2, -0.15) is 4.73 Å². The Kier molecular flexibility index (Phi) is 2.39. The summed E-state index contributed by atoms with van der Waals surface area (Å²) in [6.07, 6.45) is 3.30. The van der Waals surface area contributed by atoms with Crippen molar-refractivity contribution in [2.45, 2.75) is 4.90 Å². The van der Waals surface area contributed by atoms with Crippen LogP contribution >= 0.6 is 15.9 Å². The standard InChI is InChI=1S/C6H6BrNO3S/c1-12(10,11)6-2-5(7)3-8(9)4-6/h2-4H,1H3. The molecule has 0 saturated carbocycles. The second-order valence-electron chi connectivity index (χ2n) is 2.32. The summed E-state index contributed by atoms with van der Waals surface area (Å²) < 4.78 is 22.8. The van der Waals surface area contributed by atoms with E-state index < -0.39 is 9.84 Å². The third-order valence-electron chi connectivity index (χ3n) is 1.21. The first-order chi connectivity index (χ1) is 5.39. The van der Waals surface area contributed by atoms with Crippen molar-refractivity contribution in [3.63, 3.8) is 0 Å². The maximum atomic E-state index is 11.0. The lowest BCUT2D eigenvalue weighted by molar-refractivity contribution is -0.608. The summed E-state index contributed by atoms with van der Waals surface area (Å²) in [7, 11) is -3.30. The minimum atomic E-state index is -3.30. The molecule has 0 aliphatic carbocycles. The molecule has 66 valence electrons. The van der Waals surface area contributed by atoms with Crippen LogP contribution in [0.25, 0.3) is 0 Å². The lowest BCUT2D eigenvalue weighted by Crippen LogP contribution is -2.26. The van der Waals surface area contributed by atoms with Gasteiger partial charge in [-0.1, -0.05) is 0 Å². The van der Waals surface area contributed by atoms with E-state index in [2.05, 4.69) is 15.9 Å². The van der Waals surface area contributed by atoms with Crippen LogP contribution in [0.1, 0.15) is 0 Å². The Bertz CT molecular complexity index is 381. The van der Waals surface area contributed by atoms with Crippen LogP contribution in [0, 0.1) is 5.21 Å². The molecule has 4 nitrogen and oxygen atoms in total. The van der Waals surface area contributed by atoms with Gasteiger partial charge in [-0.15, -0.1) is 0 Å². The third-order valence-corrected chi connectivity index (χ3v) is 2.73. The van der Waals surface area contributed by atoms with Gasteiger partial charge in [0.25, 0.3) is 0 Å². The fourth-order valence-corrected chi connectivity index (χ4v) is 1.93. The molecule has 0 fully saturated rings. The molecule has 0 amide bonds. The number of halogens is 1. The van der Waals surface area contributed by atoms with Crippen LogP contribution in [0.3, 0.4) is 0 Å². The van der Waals surface area contributed by atoms with Crippen LogP contribution in [0.5, 0.6) is 0 Å². The van der Waals surface area contributed by atoms with E-state index >= 15 is 0 Å². The molecule has 0 radical (unpaired) electrons. The number of rotatable bonds is 1. The van der Waals surface area contributed by atoms with E-state index in [1.54, 1.807) is 0 Å². The molecule has 0 unspecified atom stereocenters. The topological polar surface area (TPSA) is 61.1 Å². The van der Waals surface area contributed by atoms with E-state index in [-0.39, 0.29) is 4.90 Å². The zero-order chi connectivity index (χ0) is 9.35. The van der Waals surface area contributed by atoms with Gasteiger partial charge < -0.3 is 5.21 Å². The zero-order valence-electron chi connectivity index (χ0n) is 6.19. The van der Waals surface area contributed by atoms with Crippen molar-refractivity contribution in [3.05, 3.63) is 28.1 Å². The minimum Gasteiger partial charge on any atom is -0.619 e. The van der Waals surface area contributed by atoms with Gasteiger partial charge in [-0.25, -0.2) is 8.42 Å². The SMILES string of the molecule is CS(=O)(=O)c1cc(Br)c[n+]([O-])c1. The second-order valence-corrected chi connectivity index (χ2v) is 5.25. The molecule has 0 spiro atoms. The molecule has 0 N–H and O–H groups in total. The molecule has 6 heteroatoms. The van der Waals surface area contributed by atoms with Crippen molar-refractivity contribution in [2.24, 2.45) is 0 Å². The summed E-state index contributed by atoms with van der Waals surface area (Å²) in [4.78, 5) is 0.00637. The van der Waals surface area contributed by atoms with Gasteiger partial charge in [0.05, 0.1) is 4.47 Å². The van der Waals surface area contributed by atoms with E-state index in [1.807, 2.05) is 0 Å². The predicted molar refractivity (Wildman–Crippen MR) is 46.2 cm³/mol. The highest BCUT2D eigenvalue weighted by Crippen LogP contribution is 2.12. The Hall–Kier alpha value is -0.620. The van der Waals surface area contributed by atoms with Crippen LogP contribution in [-0.2, 0) is 9.84 Å². The van der Waals surface area contributed by atoms with Gasteiger partial charge >= 0.3 is 0 Å². The monoisotopic (exact) mass is 251 g/mol. The Labute approximate surface area is 78.5 Å². The van der Waals surface area contributed by atoms with Crippen molar-refractivity contribution in [3.8, 4) is 0 Å². The lowest BCUT2D eigenvalue weighted by atomic mass is 10.5. The maximum Gasteiger partial charge on any atom is 0.199 e. The Morgan fingerprint density at radius 1 is 1.50 bits per heavy atom. The average molecular weight is 252 g/mol. The molecular weight excluding hydrogens is 246 g/mol. The van der Waals surface area contributed by atoms with E-state index in [0.29, 0.717) is 9.20 Å². The van der Waals surface area contributed by atoms with Crippen LogP contribution in [-0.4, -0.2) is 14.7 Å². The van der Waals surface area contributed by atoms with Gasteiger partial charge in [0.15, 0.2) is 22.2 Å². The van der Waals surface area contributed by atoms with Gasteiger partial charge in [-0.3, -0.25) is 0 Å². The Morgan fingerprint density at radius 2 is 2.08 bits per heavy atom. The summed E-state index contributed by atoms with van der Waals surface area (Å²) in [5, 5.41) is 10.8. The van der Waals surface area contributed by atoms with Crippen molar-refractivity contribution in [1.82, 2.24) is 0 Å². The highest BCUT2D eigenvalue weighted by molar-refractivity contribution is 9.10. The van der Waals surface area contributed by atoms with Gasteiger partial charge in [-0.05, 0) is 22.0 Å². The molecule has 0 aliphatic rings. The highest BCUT2D eigenvalue weighted by atomic mass is 79.9.